The zero-order chi connectivity index (χ0) is 6.95. The van der Waals surface area contributed by atoms with Crippen molar-refractivity contribution in [2.45, 2.75) is 19.8 Å². The van der Waals surface area contributed by atoms with E-state index in [1.807, 2.05) is 24.9 Å². The van der Waals surface area contributed by atoms with E-state index in [0.29, 0.717) is 0 Å². The molecule has 0 amide bonds. The van der Waals surface area contributed by atoms with Gasteiger partial charge in [0.25, 0.3) is 0 Å². The fourth-order valence-electron chi connectivity index (χ4n) is 0.579. The van der Waals surface area contributed by atoms with E-state index in [4.69, 9.17) is 0 Å². The Morgan fingerprint density at radius 3 is 2.78 bits per heavy atom. The van der Waals surface area contributed by atoms with E-state index in [0.717, 1.165) is 6.54 Å². The van der Waals surface area contributed by atoms with Gasteiger partial charge in [0, 0.05) is 6.54 Å². The molecule has 2 heteroatoms. The van der Waals surface area contributed by atoms with Gasteiger partial charge >= 0.3 is 0 Å². The molecule has 1 nitrogen and oxygen atoms in total. The molecule has 54 valence electrons. The van der Waals surface area contributed by atoms with E-state index in [2.05, 4.69) is 11.2 Å². The molecule has 0 saturated carbocycles. The molecule has 0 aromatic carbocycles. The van der Waals surface area contributed by atoms with Gasteiger partial charge in [-0.15, -0.1) is 0 Å². The van der Waals surface area contributed by atoms with E-state index in [1.54, 1.807) is 0 Å². The lowest BCUT2D eigenvalue weighted by molar-refractivity contribution is 0.818. The van der Waals surface area contributed by atoms with Crippen LogP contribution in [0.1, 0.15) is 19.8 Å². The van der Waals surface area contributed by atoms with Crippen LogP contribution in [0.4, 0.5) is 0 Å². The quantitative estimate of drug-likeness (QED) is 0.427. The first kappa shape index (κ1) is 9.02. The molecule has 9 heavy (non-hydrogen) atoms. The summed E-state index contributed by atoms with van der Waals surface area (Å²) >= 11 is 1.91. The first-order chi connectivity index (χ1) is 4.41. The summed E-state index contributed by atoms with van der Waals surface area (Å²) in [5.74, 6) is 1.28. The number of hydrogen-bond acceptors (Lipinski definition) is 2. The van der Waals surface area contributed by atoms with Crippen LogP contribution < -0.4 is 0 Å². The standard InChI is InChI=1S/C7H15NS/c1-3-8-6-4-5-7-9-2/h3H,4-7H2,1-2H3. The minimum atomic E-state index is 1.01. The highest BCUT2D eigenvalue weighted by Crippen LogP contribution is 1.98. The van der Waals surface area contributed by atoms with Gasteiger partial charge in [-0.3, -0.25) is 4.99 Å². The minimum Gasteiger partial charge on any atom is -0.298 e. The highest BCUT2D eigenvalue weighted by atomic mass is 32.2. The fourth-order valence-corrected chi connectivity index (χ4v) is 1.07. The van der Waals surface area contributed by atoms with Crippen molar-refractivity contribution in [2.24, 2.45) is 4.99 Å². The Morgan fingerprint density at radius 2 is 2.22 bits per heavy atom. The SMILES string of the molecule is CC=NCCCCSC. The van der Waals surface area contributed by atoms with E-state index in [1.165, 1.54) is 18.6 Å². The molecule has 0 spiro atoms. The zero-order valence-corrected chi connectivity index (χ0v) is 7.08. The van der Waals surface area contributed by atoms with Gasteiger partial charge in [-0.2, -0.15) is 11.8 Å². The van der Waals surface area contributed by atoms with Gasteiger partial charge in [0.2, 0.25) is 0 Å². The molecule has 0 bridgehead atoms. The van der Waals surface area contributed by atoms with Crippen LogP contribution in [-0.2, 0) is 0 Å². The van der Waals surface area contributed by atoms with Crippen molar-refractivity contribution in [3.8, 4) is 0 Å². The van der Waals surface area contributed by atoms with Gasteiger partial charge in [-0.05, 0) is 38.0 Å². The maximum atomic E-state index is 4.11. The van der Waals surface area contributed by atoms with Crippen molar-refractivity contribution in [1.82, 2.24) is 0 Å². The maximum Gasteiger partial charge on any atom is 0.0385 e. The third kappa shape index (κ3) is 8.02. The van der Waals surface area contributed by atoms with E-state index in [-0.39, 0.29) is 0 Å². The summed E-state index contributed by atoms with van der Waals surface area (Å²) in [6.07, 6.45) is 6.56. The topological polar surface area (TPSA) is 12.4 Å². The molecule has 0 heterocycles. The summed E-state index contributed by atoms with van der Waals surface area (Å²) in [6, 6.07) is 0. The number of aliphatic imine (C=N–C) groups is 1. The minimum absolute atomic E-state index is 1.01. The van der Waals surface area contributed by atoms with Crippen LogP contribution in [0.25, 0.3) is 0 Å². The number of unbranched alkanes of at least 4 members (excludes halogenated alkanes) is 1. The Morgan fingerprint density at radius 1 is 1.44 bits per heavy atom. The molecule has 0 radical (unpaired) electrons. The van der Waals surface area contributed by atoms with Gasteiger partial charge in [-0.1, -0.05) is 0 Å². The Hall–Kier alpha value is 0.0200. The lowest BCUT2D eigenvalue weighted by atomic mass is 10.3. The predicted molar refractivity (Wildman–Crippen MR) is 46.6 cm³/mol. The van der Waals surface area contributed by atoms with Crippen LogP contribution in [0.5, 0.6) is 0 Å². The molecule has 0 N–H and O–H groups in total. The van der Waals surface area contributed by atoms with Crippen LogP contribution >= 0.6 is 11.8 Å². The van der Waals surface area contributed by atoms with Crippen molar-refractivity contribution < 1.29 is 0 Å². The van der Waals surface area contributed by atoms with E-state index in [9.17, 15) is 0 Å². The van der Waals surface area contributed by atoms with Crippen LogP contribution in [0, 0.1) is 0 Å². The average molecular weight is 145 g/mol. The van der Waals surface area contributed by atoms with Crippen molar-refractivity contribution in [2.75, 3.05) is 18.6 Å². The smallest absolute Gasteiger partial charge is 0.0385 e. The van der Waals surface area contributed by atoms with Crippen LogP contribution in [-0.4, -0.2) is 24.8 Å². The summed E-state index contributed by atoms with van der Waals surface area (Å²) in [7, 11) is 0. The first-order valence-electron chi connectivity index (χ1n) is 3.35. The molecule has 0 aromatic heterocycles. The van der Waals surface area contributed by atoms with Gasteiger partial charge in [0.05, 0.1) is 0 Å². The normalized spacial score (nSPS) is 10.9. The van der Waals surface area contributed by atoms with E-state index >= 15 is 0 Å². The van der Waals surface area contributed by atoms with E-state index < -0.39 is 0 Å². The number of nitrogens with zero attached hydrogens (tertiary/aromatic N) is 1. The Bertz CT molecular complexity index is 71.3. The van der Waals surface area contributed by atoms with Crippen molar-refractivity contribution in [3.63, 3.8) is 0 Å². The second kappa shape index (κ2) is 8.02. The van der Waals surface area contributed by atoms with Crippen LogP contribution in [0.2, 0.25) is 0 Å². The fraction of sp³-hybridized carbons (Fsp3) is 0.857. The monoisotopic (exact) mass is 145 g/mol. The Labute approximate surface area is 61.9 Å². The molecule has 0 aromatic rings. The summed E-state index contributed by atoms with van der Waals surface area (Å²) in [6.45, 7) is 2.98. The Balaban J connectivity index is 2.75. The van der Waals surface area contributed by atoms with Gasteiger partial charge in [0.1, 0.15) is 0 Å². The van der Waals surface area contributed by atoms with Crippen LogP contribution in [0.15, 0.2) is 4.99 Å². The molecule has 0 aliphatic rings. The number of rotatable bonds is 5. The predicted octanol–water partition coefficient (Wildman–Crippen LogP) is 2.22. The molecule has 0 unspecified atom stereocenters. The molecule has 0 aliphatic heterocycles. The lowest BCUT2D eigenvalue weighted by Crippen LogP contribution is -1.83. The third-order valence-corrected chi connectivity index (χ3v) is 1.77. The molecule has 0 atom stereocenters. The maximum absolute atomic E-state index is 4.11. The van der Waals surface area contributed by atoms with Gasteiger partial charge in [-0.25, -0.2) is 0 Å². The van der Waals surface area contributed by atoms with Crippen molar-refractivity contribution in [1.29, 1.82) is 0 Å². The molecule has 0 aliphatic carbocycles. The largest absolute Gasteiger partial charge is 0.298 e. The van der Waals surface area contributed by atoms with Crippen molar-refractivity contribution >= 4 is 18.0 Å². The van der Waals surface area contributed by atoms with Gasteiger partial charge < -0.3 is 0 Å². The lowest BCUT2D eigenvalue weighted by Gasteiger charge is -1.92. The summed E-state index contributed by atoms with van der Waals surface area (Å²) in [5.41, 5.74) is 0. The number of hydrogen-bond donors (Lipinski definition) is 0. The second-order valence-electron chi connectivity index (χ2n) is 1.86. The number of thioether (sulfide) groups is 1. The van der Waals surface area contributed by atoms with Gasteiger partial charge in [0.15, 0.2) is 0 Å². The molecule has 0 fully saturated rings. The highest BCUT2D eigenvalue weighted by molar-refractivity contribution is 7.98. The average Bonchev–Trinajstić information content (AvgIpc) is 1.89. The van der Waals surface area contributed by atoms with Crippen LogP contribution in [0.3, 0.4) is 0 Å². The second-order valence-corrected chi connectivity index (χ2v) is 2.85. The Kier molecular flexibility index (Phi) is 8.04. The third-order valence-electron chi connectivity index (χ3n) is 1.07. The molecule has 0 rings (SSSR count). The molecule has 0 saturated heterocycles. The molecular formula is C7H15NS. The highest BCUT2D eigenvalue weighted by Gasteiger charge is 1.82. The summed E-state index contributed by atoms with van der Waals surface area (Å²) < 4.78 is 0. The summed E-state index contributed by atoms with van der Waals surface area (Å²) in [5, 5.41) is 0. The van der Waals surface area contributed by atoms with Crippen molar-refractivity contribution in [3.05, 3.63) is 0 Å². The molecular weight excluding hydrogens is 130 g/mol. The first-order valence-corrected chi connectivity index (χ1v) is 4.74. The zero-order valence-electron chi connectivity index (χ0n) is 6.26. The summed E-state index contributed by atoms with van der Waals surface area (Å²) in [4.78, 5) is 4.11.